The Bertz CT molecular complexity index is 1250. The maximum Gasteiger partial charge on any atom is 0.410 e. The van der Waals surface area contributed by atoms with E-state index in [0.29, 0.717) is 65.8 Å². The van der Waals surface area contributed by atoms with Crippen molar-refractivity contribution in [2.24, 2.45) is 4.99 Å². The molecule has 202 valence electrons. The number of hydrogen-bond acceptors (Lipinski definition) is 7. The lowest BCUT2D eigenvalue weighted by Crippen LogP contribution is -2.40. The zero-order valence-electron chi connectivity index (χ0n) is 22.1. The number of hydrogen-bond donors (Lipinski definition) is 1. The monoisotopic (exact) mass is 539 g/mol. The number of halogens is 1. The summed E-state index contributed by atoms with van der Waals surface area (Å²) in [5, 5.41) is 0. The molecule has 0 N–H and O–H groups in total. The highest BCUT2D eigenvalue weighted by Crippen LogP contribution is 2.39. The number of aliphatic imine (C=N–C) groups is 1. The molecule has 3 rings (SSSR count). The molecule has 0 fully saturated rings. The van der Waals surface area contributed by atoms with Crippen LogP contribution in [0.1, 0.15) is 43.2 Å². The van der Waals surface area contributed by atoms with Crippen LogP contribution >= 0.6 is 12.6 Å². The Morgan fingerprint density at radius 1 is 1.29 bits per heavy atom. The molecule has 0 saturated heterocycles. The quantitative estimate of drug-likeness (QED) is 0.130. The molecule has 2 aromatic rings. The summed E-state index contributed by atoms with van der Waals surface area (Å²) in [5.74, 6) is -0.161. The van der Waals surface area contributed by atoms with Crippen LogP contribution in [-0.4, -0.2) is 54.7 Å². The van der Waals surface area contributed by atoms with Gasteiger partial charge in [0.2, 0.25) is 0 Å². The molecule has 0 spiro atoms. The molecule has 1 aliphatic heterocycles. The van der Waals surface area contributed by atoms with Gasteiger partial charge in [0.15, 0.2) is 0 Å². The van der Waals surface area contributed by atoms with Crippen LogP contribution in [-0.2, 0) is 22.4 Å². The Labute approximate surface area is 229 Å². The SMILES string of the molecule is C=CCOCCOc1cc(F)ccc1/C(C(=C)S)=C(/N=C)c1cnc2c(c1)CN(C(=O)OC(C)(C)C)CC2. The number of carbonyl (C=O) groups is 1. The average Bonchev–Trinajstić information content (AvgIpc) is 2.86. The van der Waals surface area contributed by atoms with Crippen molar-refractivity contribution in [1.82, 2.24) is 9.88 Å². The van der Waals surface area contributed by atoms with Crippen LogP contribution in [0.2, 0.25) is 0 Å². The van der Waals surface area contributed by atoms with Gasteiger partial charge in [-0.3, -0.25) is 9.98 Å². The molecule has 7 nitrogen and oxygen atoms in total. The predicted molar refractivity (Wildman–Crippen MR) is 152 cm³/mol. The molecule has 1 aliphatic rings. The highest BCUT2D eigenvalue weighted by atomic mass is 32.1. The van der Waals surface area contributed by atoms with Crippen molar-refractivity contribution in [2.45, 2.75) is 39.3 Å². The van der Waals surface area contributed by atoms with Crippen LogP contribution < -0.4 is 4.74 Å². The lowest BCUT2D eigenvalue weighted by atomic mass is 9.97. The van der Waals surface area contributed by atoms with Gasteiger partial charge in [0.1, 0.15) is 23.8 Å². The second-order valence-corrected chi connectivity index (χ2v) is 10.2. The number of amides is 1. The van der Waals surface area contributed by atoms with Crippen LogP contribution in [0, 0.1) is 5.82 Å². The molecule has 0 aliphatic carbocycles. The number of allylic oxidation sites excluding steroid dienone is 1. The Balaban J connectivity index is 1.99. The van der Waals surface area contributed by atoms with Crippen molar-refractivity contribution in [3.63, 3.8) is 0 Å². The predicted octanol–water partition coefficient (Wildman–Crippen LogP) is 6.11. The lowest BCUT2D eigenvalue weighted by Gasteiger charge is -2.31. The fourth-order valence-electron chi connectivity index (χ4n) is 3.97. The molecule has 9 heteroatoms. The average molecular weight is 540 g/mol. The minimum absolute atomic E-state index is 0.203. The summed E-state index contributed by atoms with van der Waals surface area (Å²) in [6, 6.07) is 6.14. The Hall–Kier alpha value is -3.43. The highest BCUT2D eigenvalue weighted by molar-refractivity contribution is 7.85. The third-order valence-electron chi connectivity index (χ3n) is 5.58. The Morgan fingerprint density at radius 2 is 2.05 bits per heavy atom. The van der Waals surface area contributed by atoms with Crippen molar-refractivity contribution in [3.8, 4) is 5.75 Å². The molecule has 38 heavy (non-hydrogen) atoms. The van der Waals surface area contributed by atoms with E-state index in [-0.39, 0.29) is 12.7 Å². The normalized spacial score (nSPS) is 13.8. The second kappa shape index (κ2) is 12.9. The topological polar surface area (TPSA) is 73.3 Å². The largest absolute Gasteiger partial charge is 0.490 e. The number of ether oxygens (including phenoxy) is 3. The van der Waals surface area contributed by atoms with E-state index >= 15 is 0 Å². The minimum Gasteiger partial charge on any atom is -0.490 e. The molecular formula is C29H34FN3O4S. The summed E-state index contributed by atoms with van der Waals surface area (Å²) in [7, 11) is 0. The van der Waals surface area contributed by atoms with E-state index in [9.17, 15) is 9.18 Å². The van der Waals surface area contributed by atoms with Gasteiger partial charge in [-0.05, 0) is 51.3 Å². The Kier molecular flexibility index (Phi) is 9.88. The maximum absolute atomic E-state index is 14.2. The van der Waals surface area contributed by atoms with E-state index in [1.807, 2.05) is 26.8 Å². The van der Waals surface area contributed by atoms with E-state index in [0.717, 1.165) is 11.3 Å². The molecule has 1 aromatic heterocycles. The first-order valence-electron chi connectivity index (χ1n) is 12.2. The number of aromatic nitrogens is 1. The number of rotatable bonds is 10. The molecule has 1 amide bonds. The van der Waals surface area contributed by atoms with E-state index < -0.39 is 11.4 Å². The zero-order chi connectivity index (χ0) is 27.9. The third-order valence-corrected chi connectivity index (χ3v) is 5.81. The lowest BCUT2D eigenvalue weighted by molar-refractivity contribution is 0.0222. The van der Waals surface area contributed by atoms with Crippen molar-refractivity contribution in [3.05, 3.63) is 82.8 Å². The summed E-state index contributed by atoms with van der Waals surface area (Å²) in [4.78, 5) is 23.6. The minimum atomic E-state index is -0.589. The number of fused-ring (bicyclic) bond motifs is 1. The van der Waals surface area contributed by atoms with E-state index in [2.05, 4.69) is 42.5 Å². The van der Waals surface area contributed by atoms with Gasteiger partial charge in [-0.25, -0.2) is 9.18 Å². The molecule has 0 unspecified atom stereocenters. The second-order valence-electron chi connectivity index (χ2n) is 9.66. The number of carbonyl (C=O) groups excluding carboxylic acids is 1. The van der Waals surface area contributed by atoms with Crippen LogP contribution in [0.15, 0.2) is 59.6 Å². The number of thiol groups is 1. The smallest absolute Gasteiger partial charge is 0.410 e. The van der Waals surface area contributed by atoms with Crippen LogP contribution in [0.5, 0.6) is 5.75 Å². The maximum atomic E-state index is 14.2. The van der Waals surface area contributed by atoms with Crippen molar-refractivity contribution in [1.29, 1.82) is 0 Å². The first-order chi connectivity index (χ1) is 18.0. The zero-order valence-corrected chi connectivity index (χ0v) is 23.0. The van der Waals surface area contributed by atoms with Crippen LogP contribution in [0.25, 0.3) is 11.3 Å². The fourth-order valence-corrected chi connectivity index (χ4v) is 4.20. The van der Waals surface area contributed by atoms with Gasteiger partial charge < -0.3 is 19.1 Å². The standard InChI is InChI=1S/C29H34FN3O4S/c1-7-12-35-13-14-36-25-16-22(30)8-9-23(25)26(19(2)38)27(31-6)20-15-21-18-33(11-10-24(21)32-17-20)28(34)37-29(3,4)5/h7-9,15-17,38H,1-2,6,10-14,18H2,3-5H3/b27-26+. The molecular weight excluding hydrogens is 505 g/mol. The molecule has 2 heterocycles. The summed E-state index contributed by atoms with van der Waals surface area (Å²) < 4.78 is 30.9. The molecule has 1 aromatic carbocycles. The van der Waals surface area contributed by atoms with Crippen molar-refractivity contribution in [2.75, 3.05) is 26.4 Å². The summed E-state index contributed by atoms with van der Waals surface area (Å²) >= 11 is 4.52. The van der Waals surface area contributed by atoms with Gasteiger partial charge in [-0.15, -0.1) is 19.2 Å². The number of pyridine rings is 1. The van der Waals surface area contributed by atoms with Gasteiger partial charge in [0.25, 0.3) is 0 Å². The molecule has 0 bridgehead atoms. The molecule has 0 atom stereocenters. The first-order valence-corrected chi connectivity index (χ1v) is 12.7. The van der Waals surface area contributed by atoms with Gasteiger partial charge in [0, 0.05) is 52.5 Å². The number of benzene rings is 1. The number of nitrogens with zero attached hydrogens (tertiary/aromatic N) is 3. The van der Waals surface area contributed by atoms with Gasteiger partial charge in [-0.1, -0.05) is 12.7 Å². The van der Waals surface area contributed by atoms with Crippen molar-refractivity contribution < 1.29 is 23.4 Å². The Morgan fingerprint density at radius 3 is 2.71 bits per heavy atom. The van der Waals surface area contributed by atoms with Gasteiger partial charge >= 0.3 is 6.09 Å². The van der Waals surface area contributed by atoms with E-state index in [1.54, 1.807) is 23.2 Å². The van der Waals surface area contributed by atoms with Crippen molar-refractivity contribution >= 4 is 36.7 Å². The summed E-state index contributed by atoms with van der Waals surface area (Å²) in [6.45, 7) is 18.7. The first kappa shape index (κ1) is 29.1. The summed E-state index contributed by atoms with van der Waals surface area (Å²) in [5.41, 5.74) is 3.36. The molecule has 0 saturated carbocycles. The van der Waals surface area contributed by atoms with Gasteiger partial charge in [0.05, 0.1) is 25.5 Å². The third kappa shape index (κ3) is 7.55. The van der Waals surface area contributed by atoms with Crippen LogP contribution in [0.4, 0.5) is 9.18 Å². The van der Waals surface area contributed by atoms with Gasteiger partial charge in [-0.2, -0.15) is 0 Å². The van der Waals surface area contributed by atoms with E-state index in [4.69, 9.17) is 14.2 Å². The summed E-state index contributed by atoms with van der Waals surface area (Å²) in [6.07, 6.45) is 3.57. The van der Waals surface area contributed by atoms with E-state index in [1.165, 1.54) is 12.1 Å². The molecule has 0 radical (unpaired) electrons. The van der Waals surface area contributed by atoms with Crippen LogP contribution in [0.3, 0.4) is 0 Å². The fraction of sp³-hybridized carbons (Fsp3) is 0.345. The highest BCUT2D eigenvalue weighted by Gasteiger charge is 2.27.